The van der Waals surface area contributed by atoms with E-state index in [1.54, 1.807) is 6.20 Å². The first-order valence-electron chi connectivity index (χ1n) is 4.16. The molecule has 5 heteroatoms. The van der Waals surface area contributed by atoms with E-state index in [-0.39, 0.29) is 5.97 Å². The van der Waals surface area contributed by atoms with Crippen LogP contribution in [-0.4, -0.2) is 29.4 Å². The van der Waals surface area contributed by atoms with Crippen molar-refractivity contribution in [1.29, 1.82) is 0 Å². The average Bonchev–Trinajstić information content (AvgIpc) is 2.60. The third-order valence-corrected chi connectivity index (χ3v) is 2.15. The number of fused-ring (bicyclic) bond motifs is 1. The van der Waals surface area contributed by atoms with Gasteiger partial charge in [-0.2, -0.15) is 5.10 Å². The van der Waals surface area contributed by atoms with Crippen molar-refractivity contribution in [3.63, 3.8) is 0 Å². The minimum absolute atomic E-state index is 0.315. The lowest BCUT2D eigenvalue weighted by Crippen LogP contribution is -2.29. The second-order valence-corrected chi connectivity index (χ2v) is 2.90. The second kappa shape index (κ2) is 3.18. The molecule has 1 aliphatic rings. The first-order valence-corrected chi connectivity index (χ1v) is 4.16. The number of rotatable bonds is 1. The van der Waals surface area contributed by atoms with E-state index in [4.69, 9.17) is 0 Å². The predicted octanol–water partition coefficient (Wildman–Crippen LogP) is -0.227. The van der Waals surface area contributed by atoms with Crippen LogP contribution < -0.4 is 5.32 Å². The molecule has 0 radical (unpaired) electrons. The number of nitrogens with zero attached hydrogens (tertiary/aromatic N) is 2. The van der Waals surface area contributed by atoms with Crippen LogP contribution in [0.1, 0.15) is 16.1 Å². The fourth-order valence-corrected chi connectivity index (χ4v) is 1.46. The number of hydrogen-bond acceptors (Lipinski definition) is 4. The summed E-state index contributed by atoms with van der Waals surface area (Å²) in [5.74, 6) is -0.315. The van der Waals surface area contributed by atoms with Crippen molar-refractivity contribution < 1.29 is 9.53 Å². The van der Waals surface area contributed by atoms with Gasteiger partial charge in [0.05, 0.1) is 25.5 Å². The maximum atomic E-state index is 11.2. The van der Waals surface area contributed by atoms with E-state index < -0.39 is 0 Å². The lowest BCUT2D eigenvalue weighted by atomic mass is 10.2. The number of aromatic nitrogens is 2. The van der Waals surface area contributed by atoms with Crippen molar-refractivity contribution in [2.45, 2.75) is 13.1 Å². The zero-order chi connectivity index (χ0) is 9.26. The van der Waals surface area contributed by atoms with Crippen molar-refractivity contribution in [1.82, 2.24) is 15.1 Å². The molecule has 0 aromatic carbocycles. The highest BCUT2D eigenvalue weighted by Gasteiger charge is 2.19. The Kier molecular flexibility index (Phi) is 2.02. The quantitative estimate of drug-likeness (QED) is 0.608. The molecule has 0 bridgehead atoms. The van der Waals surface area contributed by atoms with Gasteiger partial charge in [-0.3, -0.25) is 4.68 Å². The molecule has 0 saturated heterocycles. The predicted molar refractivity (Wildman–Crippen MR) is 45.3 cm³/mol. The number of methoxy groups -OCH3 is 1. The van der Waals surface area contributed by atoms with E-state index in [2.05, 4.69) is 15.2 Å². The number of carbonyl (C=O) groups excluding carboxylic acids is 1. The molecule has 13 heavy (non-hydrogen) atoms. The van der Waals surface area contributed by atoms with E-state index in [1.165, 1.54) is 7.11 Å². The van der Waals surface area contributed by atoms with Crippen molar-refractivity contribution in [2.75, 3.05) is 13.7 Å². The third kappa shape index (κ3) is 1.31. The summed E-state index contributed by atoms with van der Waals surface area (Å²) >= 11 is 0. The van der Waals surface area contributed by atoms with Gasteiger partial charge >= 0.3 is 5.97 Å². The Hall–Kier alpha value is -1.36. The van der Waals surface area contributed by atoms with Gasteiger partial charge < -0.3 is 10.1 Å². The topological polar surface area (TPSA) is 56.1 Å². The van der Waals surface area contributed by atoms with Crippen LogP contribution in [0, 0.1) is 0 Å². The van der Waals surface area contributed by atoms with Crippen LogP contribution in [0.5, 0.6) is 0 Å². The molecule has 0 unspecified atom stereocenters. The van der Waals surface area contributed by atoms with Crippen molar-refractivity contribution in [3.05, 3.63) is 17.5 Å². The lowest BCUT2D eigenvalue weighted by molar-refractivity contribution is 0.0599. The van der Waals surface area contributed by atoms with E-state index in [1.807, 2.05) is 4.68 Å². The molecular formula is C8H11N3O2. The molecule has 70 valence electrons. The molecule has 2 heterocycles. The summed E-state index contributed by atoms with van der Waals surface area (Å²) in [7, 11) is 1.38. The molecule has 0 aliphatic carbocycles. The largest absolute Gasteiger partial charge is 0.465 e. The summed E-state index contributed by atoms with van der Waals surface area (Å²) in [6.07, 6.45) is 1.56. The standard InChI is InChI=1S/C8H11N3O2/c1-13-8(12)6-4-10-11-3-2-9-5-7(6)11/h4,9H,2-3,5H2,1H3. The highest BCUT2D eigenvalue weighted by atomic mass is 16.5. The molecule has 1 aliphatic heterocycles. The lowest BCUT2D eigenvalue weighted by Gasteiger charge is -2.15. The molecule has 1 aromatic heterocycles. The van der Waals surface area contributed by atoms with Crippen molar-refractivity contribution in [2.24, 2.45) is 0 Å². The maximum absolute atomic E-state index is 11.2. The van der Waals surface area contributed by atoms with E-state index >= 15 is 0 Å². The van der Waals surface area contributed by atoms with Crippen LogP contribution in [0.25, 0.3) is 0 Å². The Bertz CT molecular complexity index is 332. The molecule has 0 spiro atoms. The number of carbonyl (C=O) groups is 1. The van der Waals surface area contributed by atoms with E-state index in [0.29, 0.717) is 12.1 Å². The number of nitrogens with one attached hydrogen (secondary N) is 1. The minimum atomic E-state index is -0.315. The third-order valence-electron chi connectivity index (χ3n) is 2.15. The zero-order valence-electron chi connectivity index (χ0n) is 7.41. The van der Waals surface area contributed by atoms with Gasteiger partial charge in [-0.15, -0.1) is 0 Å². The average molecular weight is 181 g/mol. The summed E-state index contributed by atoms with van der Waals surface area (Å²) in [6.45, 7) is 2.39. The van der Waals surface area contributed by atoms with Crippen molar-refractivity contribution >= 4 is 5.97 Å². The molecule has 0 saturated carbocycles. The summed E-state index contributed by atoms with van der Waals surface area (Å²) < 4.78 is 6.48. The van der Waals surface area contributed by atoms with Crippen molar-refractivity contribution in [3.8, 4) is 0 Å². The van der Waals surface area contributed by atoms with Gasteiger partial charge in [0.1, 0.15) is 5.56 Å². The van der Waals surface area contributed by atoms with Gasteiger partial charge in [-0.1, -0.05) is 0 Å². The molecule has 0 fully saturated rings. The molecule has 2 rings (SSSR count). The van der Waals surface area contributed by atoms with Crippen LogP contribution in [-0.2, 0) is 17.8 Å². The van der Waals surface area contributed by atoms with Gasteiger partial charge in [0.15, 0.2) is 0 Å². The molecule has 0 atom stereocenters. The normalized spacial score (nSPS) is 15.2. The highest BCUT2D eigenvalue weighted by Crippen LogP contribution is 2.11. The van der Waals surface area contributed by atoms with Crippen LogP contribution in [0.3, 0.4) is 0 Å². The number of ether oxygens (including phenoxy) is 1. The Morgan fingerprint density at radius 3 is 3.38 bits per heavy atom. The van der Waals surface area contributed by atoms with E-state index in [9.17, 15) is 4.79 Å². The molecule has 1 aromatic rings. The van der Waals surface area contributed by atoms with Gasteiger partial charge in [0, 0.05) is 13.1 Å². The first-order chi connectivity index (χ1) is 6.33. The summed E-state index contributed by atoms with van der Waals surface area (Å²) in [4.78, 5) is 11.2. The molecule has 5 nitrogen and oxygen atoms in total. The van der Waals surface area contributed by atoms with Crippen LogP contribution in [0.2, 0.25) is 0 Å². The fraction of sp³-hybridized carbons (Fsp3) is 0.500. The Labute approximate surface area is 75.7 Å². The SMILES string of the molecule is COC(=O)c1cnn2c1CNCC2. The molecule has 1 N–H and O–H groups in total. The van der Waals surface area contributed by atoms with Crippen LogP contribution in [0.4, 0.5) is 0 Å². The molecular weight excluding hydrogens is 170 g/mol. The maximum Gasteiger partial charge on any atom is 0.341 e. The fourth-order valence-electron chi connectivity index (χ4n) is 1.46. The summed E-state index contributed by atoms with van der Waals surface area (Å²) in [5, 5.41) is 7.28. The Morgan fingerprint density at radius 1 is 1.77 bits per heavy atom. The summed E-state index contributed by atoms with van der Waals surface area (Å²) in [6, 6.07) is 0. The smallest absolute Gasteiger partial charge is 0.341 e. The van der Waals surface area contributed by atoms with Gasteiger partial charge in [0.2, 0.25) is 0 Å². The van der Waals surface area contributed by atoms with Crippen LogP contribution >= 0.6 is 0 Å². The summed E-state index contributed by atoms with van der Waals surface area (Å²) in [5.41, 5.74) is 1.48. The number of esters is 1. The highest BCUT2D eigenvalue weighted by molar-refractivity contribution is 5.90. The molecule has 0 amide bonds. The minimum Gasteiger partial charge on any atom is -0.465 e. The second-order valence-electron chi connectivity index (χ2n) is 2.90. The van der Waals surface area contributed by atoms with Gasteiger partial charge in [-0.05, 0) is 0 Å². The zero-order valence-corrected chi connectivity index (χ0v) is 7.41. The van der Waals surface area contributed by atoms with Gasteiger partial charge in [0.25, 0.3) is 0 Å². The van der Waals surface area contributed by atoms with E-state index in [0.717, 1.165) is 18.8 Å². The Morgan fingerprint density at radius 2 is 2.62 bits per heavy atom. The number of hydrogen-bond donors (Lipinski definition) is 1. The monoisotopic (exact) mass is 181 g/mol. The first kappa shape index (κ1) is 8.25. The Balaban J connectivity index is 2.36. The van der Waals surface area contributed by atoms with Crippen LogP contribution in [0.15, 0.2) is 6.20 Å². The van der Waals surface area contributed by atoms with Gasteiger partial charge in [-0.25, -0.2) is 4.79 Å².